The van der Waals surface area contributed by atoms with Gasteiger partial charge in [-0.3, -0.25) is 0 Å². The predicted octanol–water partition coefficient (Wildman–Crippen LogP) is 2.42. The summed E-state index contributed by atoms with van der Waals surface area (Å²) < 4.78 is 24.1. The van der Waals surface area contributed by atoms with Gasteiger partial charge in [-0.1, -0.05) is 17.7 Å². The molecule has 0 aliphatic heterocycles. The molecule has 0 fully saturated rings. The summed E-state index contributed by atoms with van der Waals surface area (Å²) in [7, 11) is 1.56. The van der Waals surface area contributed by atoms with E-state index in [1.54, 1.807) is 0 Å². The first-order valence-electron chi connectivity index (χ1n) is 4.96. The van der Waals surface area contributed by atoms with Crippen molar-refractivity contribution in [2.75, 3.05) is 0 Å². The third-order valence-electron chi connectivity index (χ3n) is 2.44. The molecule has 1 aromatic carbocycles. The van der Waals surface area contributed by atoms with Crippen LogP contribution in [0, 0.1) is 13.8 Å². The summed E-state index contributed by atoms with van der Waals surface area (Å²) in [5, 5.41) is 3.97. The van der Waals surface area contributed by atoms with Crippen LogP contribution in [0.3, 0.4) is 0 Å². The number of hydrogen-bond acceptors (Lipinski definition) is 3. The molecule has 4 nitrogen and oxygen atoms in total. The summed E-state index contributed by atoms with van der Waals surface area (Å²) in [5.74, 6) is 0. The van der Waals surface area contributed by atoms with Crippen molar-refractivity contribution in [3.05, 3.63) is 41.6 Å². The van der Waals surface area contributed by atoms with Crippen LogP contribution in [0.15, 0.2) is 35.5 Å². The molecule has 2 aromatic rings. The summed E-state index contributed by atoms with van der Waals surface area (Å²) >= 11 is 0. The van der Waals surface area contributed by atoms with E-state index in [0.717, 1.165) is 11.1 Å². The van der Waals surface area contributed by atoms with E-state index in [4.69, 9.17) is 10.7 Å². The van der Waals surface area contributed by atoms with Crippen LogP contribution in [0.25, 0.3) is 5.69 Å². The fourth-order valence-electron chi connectivity index (χ4n) is 1.70. The van der Waals surface area contributed by atoms with Crippen molar-refractivity contribution in [2.45, 2.75) is 18.9 Å². The Balaban J connectivity index is 2.66. The van der Waals surface area contributed by atoms with Crippen molar-refractivity contribution in [1.29, 1.82) is 0 Å². The molecule has 0 unspecified atom stereocenters. The van der Waals surface area contributed by atoms with Crippen LogP contribution < -0.4 is 0 Å². The second-order valence-corrected chi connectivity index (χ2v) is 6.32. The van der Waals surface area contributed by atoms with E-state index in [2.05, 4.69) is 5.10 Å². The highest BCUT2D eigenvalue weighted by molar-refractivity contribution is 8.13. The fraction of sp³-hybridized carbons (Fsp3) is 0.182. The summed E-state index contributed by atoms with van der Waals surface area (Å²) in [4.78, 5) is 0. The van der Waals surface area contributed by atoms with Gasteiger partial charge >= 0.3 is 0 Å². The van der Waals surface area contributed by atoms with Crippen molar-refractivity contribution in [3.63, 3.8) is 0 Å². The lowest BCUT2D eigenvalue weighted by molar-refractivity contribution is 0.599. The Labute approximate surface area is 104 Å². The average molecular weight is 271 g/mol. The van der Waals surface area contributed by atoms with Gasteiger partial charge in [0, 0.05) is 10.7 Å². The Morgan fingerprint density at radius 3 is 2.53 bits per heavy atom. The smallest absolute Gasteiger partial charge is 0.221 e. The van der Waals surface area contributed by atoms with Gasteiger partial charge in [0.15, 0.2) is 5.03 Å². The lowest BCUT2D eigenvalue weighted by atomic mass is 10.1. The van der Waals surface area contributed by atoms with Crippen molar-refractivity contribution in [1.82, 2.24) is 9.78 Å². The van der Waals surface area contributed by atoms with Gasteiger partial charge in [-0.05, 0) is 31.5 Å². The van der Waals surface area contributed by atoms with E-state index < -0.39 is 9.05 Å². The molecule has 0 saturated carbocycles. The first-order valence-corrected chi connectivity index (χ1v) is 7.27. The van der Waals surface area contributed by atoms with Crippen LogP contribution in [0.2, 0.25) is 0 Å². The Bertz CT molecular complexity index is 662. The molecule has 2 rings (SSSR count). The zero-order chi connectivity index (χ0) is 12.6. The molecule has 0 amide bonds. The maximum absolute atomic E-state index is 11.4. The summed E-state index contributed by atoms with van der Waals surface area (Å²) in [6.07, 6.45) is 1.41. The Kier molecular flexibility index (Phi) is 2.97. The monoisotopic (exact) mass is 270 g/mol. The average Bonchev–Trinajstić information content (AvgIpc) is 2.65. The number of benzene rings is 1. The van der Waals surface area contributed by atoms with Crippen molar-refractivity contribution < 1.29 is 8.42 Å². The number of aryl methyl sites for hydroxylation is 2. The summed E-state index contributed by atoms with van der Waals surface area (Å²) in [6, 6.07) is 7.06. The molecule has 0 bridgehead atoms. The molecule has 0 atom stereocenters. The number of halogens is 1. The SMILES string of the molecule is Cc1ccc(-n2nccc2S(=O)(=O)Cl)c(C)c1. The lowest BCUT2D eigenvalue weighted by Gasteiger charge is -2.09. The zero-order valence-electron chi connectivity index (χ0n) is 9.38. The molecular formula is C11H11ClN2O2S. The molecule has 1 aromatic heterocycles. The Morgan fingerprint density at radius 1 is 1.24 bits per heavy atom. The minimum atomic E-state index is -3.79. The van der Waals surface area contributed by atoms with Crippen molar-refractivity contribution in [3.8, 4) is 5.69 Å². The van der Waals surface area contributed by atoms with Gasteiger partial charge in [0.1, 0.15) is 0 Å². The fourth-order valence-corrected chi connectivity index (χ4v) is 2.63. The highest BCUT2D eigenvalue weighted by Gasteiger charge is 2.18. The van der Waals surface area contributed by atoms with Gasteiger partial charge < -0.3 is 0 Å². The van der Waals surface area contributed by atoms with Gasteiger partial charge in [0.2, 0.25) is 0 Å². The van der Waals surface area contributed by atoms with Crippen LogP contribution in [0.1, 0.15) is 11.1 Å². The predicted molar refractivity (Wildman–Crippen MR) is 66.1 cm³/mol. The Morgan fingerprint density at radius 2 is 1.94 bits per heavy atom. The number of hydrogen-bond donors (Lipinski definition) is 0. The topological polar surface area (TPSA) is 52.0 Å². The van der Waals surface area contributed by atoms with E-state index in [1.165, 1.54) is 16.9 Å². The van der Waals surface area contributed by atoms with Crippen LogP contribution in [-0.4, -0.2) is 18.2 Å². The van der Waals surface area contributed by atoms with Crippen LogP contribution >= 0.6 is 10.7 Å². The second kappa shape index (κ2) is 4.16. The summed E-state index contributed by atoms with van der Waals surface area (Å²) in [6.45, 7) is 3.87. The number of aromatic nitrogens is 2. The van der Waals surface area contributed by atoms with Gasteiger partial charge in [0.05, 0.1) is 11.9 Å². The highest BCUT2D eigenvalue weighted by atomic mass is 35.7. The first kappa shape index (κ1) is 12.1. The molecule has 6 heteroatoms. The van der Waals surface area contributed by atoms with Crippen LogP contribution in [-0.2, 0) is 9.05 Å². The third-order valence-corrected chi connectivity index (χ3v) is 3.72. The van der Waals surface area contributed by atoms with E-state index in [9.17, 15) is 8.42 Å². The molecule has 1 heterocycles. The molecular weight excluding hydrogens is 260 g/mol. The lowest BCUT2D eigenvalue weighted by Crippen LogP contribution is -2.06. The maximum Gasteiger partial charge on any atom is 0.278 e. The molecule has 0 radical (unpaired) electrons. The molecule has 17 heavy (non-hydrogen) atoms. The quantitative estimate of drug-likeness (QED) is 0.788. The normalized spacial score (nSPS) is 11.7. The van der Waals surface area contributed by atoms with Crippen molar-refractivity contribution >= 4 is 19.7 Å². The van der Waals surface area contributed by atoms with Crippen LogP contribution in [0.5, 0.6) is 0 Å². The summed E-state index contributed by atoms with van der Waals surface area (Å²) in [5.41, 5.74) is 2.75. The zero-order valence-corrected chi connectivity index (χ0v) is 11.0. The largest absolute Gasteiger partial charge is 0.278 e. The van der Waals surface area contributed by atoms with Gasteiger partial charge in [-0.2, -0.15) is 5.10 Å². The highest BCUT2D eigenvalue weighted by Crippen LogP contribution is 2.21. The van der Waals surface area contributed by atoms with Gasteiger partial charge in [-0.15, -0.1) is 0 Å². The molecule has 0 N–H and O–H groups in total. The first-order chi connectivity index (χ1) is 7.89. The van der Waals surface area contributed by atoms with E-state index in [0.29, 0.717) is 5.69 Å². The molecule has 0 saturated heterocycles. The minimum Gasteiger partial charge on any atom is -0.221 e. The molecule has 0 aliphatic rings. The molecule has 0 spiro atoms. The minimum absolute atomic E-state index is 0.0221. The second-order valence-electron chi connectivity index (χ2n) is 3.81. The van der Waals surface area contributed by atoms with E-state index >= 15 is 0 Å². The third kappa shape index (κ3) is 2.35. The number of rotatable bonds is 2. The Hall–Kier alpha value is -1.33. The maximum atomic E-state index is 11.4. The van der Waals surface area contributed by atoms with E-state index in [1.807, 2.05) is 32.0 Å². The molecule has 0 aliphatic carbocycles. The van der Waals surface area contributed by atoms with Gasteiger partial charge in [-0.25, -0.2) is 13.1 Å². The molecule has 90 valence electrons. The number of nitrogens with zero attached hydrogens (tertiary/aromatic N) is 2. The van der Waals surface area contributed by atoms with Crippen LogP contribution in [0.4, 0.5) is 0 Å². The van der Waals surface area contributed by atoms with E-state index in [-0.39, 0.29) is 5.03 Å². The standard InChI is InChI=1S/C11H11ClN2O2S/c1-8-3-4-10(9(2)7-8)14-11(5-6-13-14)17(12,15)16/h3-7H,1-2H3. The van der Waals surface area contributed by atoms with Gasteiger partial charge in [0.25, 0.3) is 9.05 Å². The van der Waals surface area contributed by atoms with Crippen molar-refractivity contribution in [2.24, 2.45) is 0 Å².